The number of aryl methyl sites for hydroxylation is 1. The molecule has 1 N–H and O–H groups in total. The minimum atomic E-state index is 0.438. The standard InChI is InChI=1S/C8H15N5O/c1-13-11-8(10-12-13)5-9-7-3-2-4-14-6-7/h7,9H,2-6H2,1H3. The molecule has 1 aromatic rings. The monoisotopic (exact) mass is 197 g/mol. The van der Waals surface area contributed by atoms with Gasteiger partial charge in [-0.15, -0.1) is 10.2 Å². The maximum absolute atomic E-state index is 5.35. The average molecular weight is 197 g/mol. The Balaban J connectivity index is 1.76. The van der Waals surface area contributed by atoms with Crippen LogP contribution in [-0.2, 0) is 18.3 Å². The number of tetrazole rings is 1. The van der Waals surface area contributed by atoms with E-state index in [0.717, 1.165) is 25.5 Å². The van der Waals surface area contributed by atoms with Gasteiger partial charge in [-0.1, -0.05) is 0 Å². The third-order valence-electron chi connectivity index (χ3n) is 2.26. The number of hydrogen-bond acceptors (Lipinski definition) is 5. The van der Waals surface area contributed by atoms with E-state index >= 15 is 0 Å². The molecular weight excluding hydrogens is 182 g/mol. The van der Waals surface area contributed by atoms with Gasteiger partial charge in [0.25, 0.3) is 0 Å². The van der Waals surface area contributed by atoms with Gasteiger partial charge >= 0.3 is 0 Å². The zero-order valence-electron chi connectivity index (χ0n) is 8.31. The Kier molecular flexibility index (Phi) is 3.05. The van der Waals surface area contributed by atoms with Crippen LogP contribution in [0.5, 0.6) is 0 Å². The van der Waals surface area contributed by atoms with Crippen LogP contribution in [0.25, 0.3) is 0 Å². The number of nitrogens with zero attached hydrogens (tertiary/aromatic N) is 4. The smallest absolute Gasteiger partial charge is 0.188 e. The molecule has 1 aliphatic heterocycles. The lowest BCUT2D eigenvalue weighted by molar-refractivity contribution is 0.0697. The van der Waals surface area contributed by atoms with Crippen molar-refractivity contribution < 1.29 is 4.74 Å². The van der Waals surface area contributed by atoms with E-state index in [0.29, 0.717) is 12.6 Å². The first-order valence-electron chi connectivity index (χ1n) is 4.88. The SMILES string of the molecule is Cn1nnc(CNC2CCCOC2)n1. The van der Waals surface area contributed by atoms with Gasteiger partial charge in [-0.05, 0) is 18.1 Å². The third kappa shape index (κ3) is 2.49. The van der Waals surface area contributed by atoms with E-state index in [-0.39, 0.29) is 0 Å². The number of nitrogens with one attached hydrogen (secondary N) is 1. The second-order valence-corrected chi connectivity index (χ2v) is 3.49. The summed E-state index contributed by atoms with van der Waals surface area (Å²) in [7, 11) is 1.76. The molecule has 6 heteroatoms. The molecule has 78 valence electrons. The molecule has 1 unspecified atom stereocenters. The van der Waals surface area contributed by atoms with E-state index in [1.165, 1.54) is 11.2 Å². The van der Waals surface area contributed by atoms with Crippen molar-refractivity contribution >= 4 is 0 Å². The van der Waals surface area contributed by atoms with Crippen molar-refractivity contribution in [3.8, 4) is 0 Å². The normalized spacial score (nSPS) is 22.5. The fourth-order valence-corrected chi connectivity index (χ4v) is 1.53. The van der Waals surface area contributed by atoms with E-state index in [1.807, 2.05) is 0 Å². The number of aromatic nitrogens is 4. The molecule has 1 saturated heterocycles. The van der Waals surface area contributed by atoms with E-state index in [9.17, 15) is 0 Å². The molecule has 1 aliphatic rings. The van der Waals surface area contributed by atoms with Gasteiger partial charge in [0.15, 0.2) is 5.82 Å². The third-order valence-corrected chi connectivity index (χ3v) is 2.26. The fraction of sp³-hybridized carbons (Fsp3) is 0.875. The highest BCUT2D eigenvalue weighted by molar-refractivity contribution is 4.78. The second kappa shape index (κ2) is 4.47. The topological polar surface area (TPSA) is 64.9 Å². The molecule has 14 heavy (non-hydrogen) atoms. The van der Waals surface area contributed by atoms with Crippen molar-refractivity contribution in [2.24, 2.45) is 7.05 Å². The highest BCUT2D eigenvalue weighted by atomic mass is 16.5. The van der Waals surface area contributed by atoms with Gasteiger partial charge in [0.2, 0.25) is 0 Å². The number of ether oxygens (including phenoxy) is 1. The lowest BCUT2D eigenvalue weighted by Crippen LogP contribution is -2.36. The van der Waals surface area contributed by atoms with Gasteiger partial charge in [0.1, 0.15) is 0 Å². The first-order chi connectivity index (χ1) is 6.84. The van der Waals surface area contributed by atoms with Crippen LogP contribution >= 0.6 is 0 Å². The molecule has 0 spiro atoms. The van der Waals surface area contributed by atoms with Crippen LogP contribution in [0.3, 0.4) is 0 Å². The van der Waals surface area contributed by atoms with Crippen molar-refractivity contribution in [2.45, 2.75) is 25.4 Å². The molecular formula is C8H15N5O. The van der Waals surface area contributed by atoms with Gasteiger partial charge in [0.05, 0.1) is 20.2 Å². The van der Waals surface area contributed by atoms with Gasteiger partial charge in [-0.25, -0.2) is 0 Å². The summed E-state index contributed by atoms with van der Waals surface area (Å²) in [5, 5.41) is 15.1. The van der Waals surface area contributed by atoms with Crippen LogP contribution in [-0.4, -0.2) is 39.5 Å². The van der Waals surface area contributed by atoms with Gasteiger partial charge in [-0.2, -0.15) is 4.80 Å². The summed E-state index contributed by atoms with van der Waals surface area (Å²) in [6.45, 7) is 2.35. The van der Waals surface area contributed by atoms with E-state index < -0.39 is 0 Å². The zero-order chi connectivity index (χ0) is 9.80. The van der Waals surface area contributed by atoms with Crippen molar-refractivity contribution in [2.75, 3.05) is 13.2 Å². The highest BCUT2D eigenvalue weighted by Crippen LogP contribution is 2.05. The van der Waals surface area contributed by atoms with Gasteiger partial charge < -0.3 is 10.1 Å². The van der Waals surface area contributed by atoms with Crippen LogP contribution in [0.2, 0.25) is 0 Å². The van der Waals surface area contributed by atoms with Crippen LogP contribution in [0.4, 0.5) is 0 Å². The zero-order valence-corrected chi connectivity index (χ0v) is 8.31. The summed E-state index contributed by atoms with van der Waals surface area (Å²) in [6.07, 6.45) is 2.30. The maximum atomic E-state index is 5.35. The molecule has 2 rings (SSSR count). The summed E-state index contributed by atoms with van der Waals surface area (Å²) in [5.41, 5.74) is 0. The van der Waals surface area contributed by atoms with Crippen LogP contribution in [0.15, 0.2) is 0 Å². The lowest BCUT2D eigenvalue weighted by Gasteiger charge is -2.22. The maximum Gasteiger partial charge on any atom is 0.188 e. The summed E-state index contributed by atoms with van der Waals surface area (Å²) >= 11 is 0. The predicted molar refractivity (Wildman–Crippen MR) is 49.5 cm³/mol. The van der Waals surface area contributed by atoms with Crippen molar-refractivity contribution in [3.63, 3.8) is 0 Å². The molecule has 0 aromatic carbocycles. The molecule has 1 aromatic heterocycles. The number of hydrogen-bond donors (Lipinski definition) is 1. The van der Waals surface area contributed by atoms with Crippen LogP contribution in [0, 0.1) is 0 Å². The molecule has 1 fully saturated rings. The Hall–Kier alpha value is -1.01. The van der Waals surface area contributed by atoms with E-state index in [4.69, 9.17) is 4.74 Å². The Labute approximate surface area is 82.6 Å². The quantitative estimate of drug-likeness (QED) is 0.706. The summed E-state index contributed by atoms with van der Waals surface area (Å²) in [5.74, 6) is 0.734. The Morgan fingerprint density at radius 1 is 1.64 bits per heavy atom. The first kappa shape index (κ1) is 9.54. The highest BCUT2D eigenvalue weighted by Gasteiger charge is 2.13. The molecule has 0 radical (unpaired) electrons. The van der Waals surface area contributed by atoms with E-state index in [1.54, 1.807) is 7.05 Å². The Morgan fingerprint density at radius 3 is 3.21 bits per heavy atom. The number of rotatable bonds is 3. The van der Waals surface area contributed by atoms with Crippen LogP contribution < -0.4 is 5.32 Å². The van der Waals surface area contributed by atoms with Crippen molar-refractivity contribution in [1.29, 1.82) is 0 Å². The summed E-state index contributed by atoms with van der Waals surface area (Å²) in [4.78, 5) is 1.47. The molecule has 6 nitrogen and oxygen atoms in total. The Bertz CT molecular complexity index is 281. The van der Waals surface area contributed by atoms with Crippen molar-refractivity contribution in [1.82, 2.24) is 25.5 Å². The first-order valence-corrected chi connectivity index (χ1v) is 4.88. The fourth-order valence-electron chi connectivity index (χ4n) is 1.53. The molecule has 0 saturated carbocycles. The lowest BCUT2D eigenvalue weighted by atomic mass is 10.1. The summed E-state index contributed by atoms with van der Waals surface area (Å²) < 4.78 is 5.35. The molecule has 0 amide bonds. The Morgan fingerprint density at radius 2 is 2.57 bits per heavy atom. The minimum Gasteiger partial charge on any atom is -0.380 e. The van der Waals surface area contributed by atoms with Gasteiger partial charge in [0, 0.05) is 12.6 Å². The second-order valence-electron chi connectivity index (χ2n) is 3.49. The molecule has 0 bridgehead atoms. The predicted octanol–water partition coefficient (Wildman–Crippen LogP) is -0.521. The molecule has 2 heterocycles. The summed E-state index contributed by atoms with van der Waals surface area (Å²) in [6, 6.07) is 0.438. The van der Waals surface area contributed by atoms with Crippen LogP contribution in [0.1, 0.15) is 18.7 Å². The van der Waals surface area contributed by atoms with E-state index in [2.05, 4.69) is 20.7 Å². The minimum absolute atomic E-state index is 0.438. The molecule has 0 aliphatic carbocycles. The molecule has 1 atom stereocenters. The largest absolute Gasteiger partial charge is 0.380 e. The van der Waals surface area contributed by atoms with Crippen molar-refractivity contribution in [3.05, 3.63) is 5.82 Å². The average Bonchev–Trinajstić information content (AvgIpc) is 2.63. The van der Waals surface area contributed by atoms with Gasteiger partial charge in [-0.3, -0.25) is 0 Å².